The molecule has 0 atom stereocenters. The molecular weight excluding hydrogens is 335 g/mol. The Labute approximate surface area is 145 Å². The zero-order valence-corrected chi connectivity index (χ0v) is 13.9. The molecule has 2 aromatic rings. The van der Waals surface area contributed by atoms with E-state index >= 15 is 0 Å². The van der Waals surface area contributed by atoms with Gasteiger partial charge < -0.3 is 0 Å². The lowest BCUT2D eigenvalue weighted by atomic mass is 9.88. The van der Waals surface area contributed by atoms with E-state index in [0.717, 1.165) is 38.0 Å². The van der Waals surface area contributed by atoms with Gasteiger partial charge in [-0.1, -0.05) is 48.0 Å². The molecule has 128 valence electrons. The highest BCUT2D eigenvalue weighted by molar-refractivity contribution is 6.31. The maximum atomic E-state index is 13.0. The zero-order chi connectivity index (χ0) is 17.2. The molecule has 1 aliphatic heterocycles. The summed E-state index contributed by atoms with van der Waals surface area (Å²) in [6, 6.07) is 14.6. The Hall–Kier alpha value is -1.52. The van der Waals surface area contributed by atoms with Crippen molar-refractivity contribution in [1.82, 2.24) is 4.90 Å². The van der Waals surface area contributed by atoms with E-state index in [4.69, 9.17) is 11.6 Å². The molecule has 0 N–H and O–H groups in total. The molecule has 0 radical (unpaired) electrons. The minimum atomic E-state index is -4.40. The summed E-state index contributed by atoms with van der Waals surface area (Å²) in [5.41, 5.74) is 1.28. The normalized spacial score (nSPS) is 17.2. The second-order valence-corrected chi connectivity index (χ2v) is 6.68. The smallest absolute Gasteiger partial charge is 0.299 e. The SMILES string of the molecule is FC(F)(F)c1cc(C2CCN(Cc3ccccc3)CC2)ccc1Cl. The molecule has 1 saturated heterocycles. The first-order chi connectivity index (χ1) is 11.4. The van der Waals surface area contributed by atoms with Crippen LogP contribution in [-0.2, 0) is 12.7 Å². The Morgan fingerprint density at radius 3 is 2.29 bits per heavy atom. The van der Waals surface area contributed by atoms with Crippen LogP contribution in [0.2, 0.25) is 5.02 Å². The number of hydrogen-bond acceptors (Lipinski definition) is 1. The van der Waals surface area contributed by atoms with Crippen LogP contribution >= 0.6 is 11.6 Å². The van der Waals surface area contributed by atoms with Crippen molar-refractivity contribution in [2.24, 2.45) is 0 Å². The Morgan fingerprint density at radius 1 is 1.00 bits per heavy atom. The van der Waals surface area contributed by atoms with E-state index in [0.29, 0.717) is 0 Å². The van der Waals surface area contributed by atoms with Gasteiger partial charge in [-0.05, 0) is 55.1 Å². The van der Waals surface area contributed by atoms with Crippen LogP contribution in [0.25, 0.3) is 0 Å². The molecule has 1 nitrogen and oxygen atoms in total. The highest BCUT2D eigenvalue weighted by atomic mass is 35.5. The summed E-state index contributed by atoms with van der Waals surface area (Å²) in [7, 11) is 0. The molecule has 0 spiro atoms. The largest absolute Gasteiger partial charge is 0.417 e. The van der Waals surface area contributed by atoms with Gasteiger partial charge in [0, 0.05) is 6.54 Å². The highest BCUT2D eigenvalue weighted by Crippen LogP contribution is 2.38. The molecule has 24 heavy (non-hydrogen) atoms. The van der Waals surface area contributed by atoms with E-state index in [-0.39, 0.29) is 10.9 Å². The third-order valence-corrected chi connectivity index (χ3v) is 4.93. The van der Waals surface area contributed by atoms with E-state index in [1.54, 1.807) is 6.07 Å². The van der Waals surface area contributed by atoms with E-state index < -0.39 is 11.7 Å². The fourth-order valence-electron chi connectivity index (χ4n) is 3.28. The van der Waals surface area contributed by atoms with Crippen molar-refractivity contribution in [2.75, 3.05) is 13.1 Å². The van der Waals surface area contributed by atoms with Gasteiger partial charge in [0.15, 0.2) is 0 Å². The molecule has 0 aromatic heterocycles. The fraction of sp³-hybridized carbons (Fsp3) is 0.368. The molecule has 3 rings (SSSR count). The average Bonchev–Trinajstić information content (AvgIpc) is 2.56. The van der Waals surface area contributed by atoms with Crippen LogP contribution < -0.4 is 0 Å². The van der Waals surface area contributed by atoms with Gasteiger partial charge in [-0.2, -0.15) is 13.2 Å². The van der Waals surface area contributed by atoms with Crippen LogP contribution in [0.1, 0.15) is 35.4 Å². The predicted molar refractivity (Wildman–Crippen MR) is 90.1 cm³/mol. The van der Waals surface area contributed by atoms with Crippen molar-refractivity contribution in [1.29, 1.82) is 0 Å². The molecule has 0 aliphatic carbocycles. The number of rotatable bonds is 3. The lowest BCUT2D eigenvalue weighted by Gasteiger charge is -2.32. The summed E-state index contributed by atoms with van der Waals surface area (Å²) in [6.07, 6.45) is -2.67. The van der Waals surface area contributed by atoms with Crippen molar-refractivity contribution < 1.29 is 13.2 Å². The summed E-state index contributed by atoms with van der Waals surface area (Å²) in [5, 5.41) is -0.229. The maximum Gasteiger partial charge on any atom is 0.417 e. The van der Waals surface area contributed by atoms with Gasteiger partial charge in [0.25, 0.3) is 0 Å². The van der Waals surface area contributed by atoms with Crippen LogP contribution in [-0.4, -0.2) is 18.0 Å². The van der Waals surface area contributed by atoms with E-state index in [1.165, 1.54) is 17.7 Å². The minimum Gasteiger partial charge on any atom is -0.299 e. The number of piperidine rings is 1. The van der Waals surface area contributed by atoms with E-state index in [2.05, 4.69) is 17.0 Å². The first-order valence-electron chi connectivity index (χ1n) is 8.06. The van der Waals surface area contributed by atoms with Crippen molar-refractivity contribution in [3.05, 3.63) is 70.2 Å². The molecule has 0 saturated carbocycles. The third-order valence-electron chi connectivity index (χ3n) is 4.60. The van der Waals surface area contributed by atoms with Crippen molar-refractivity contribution >= 4 is 11.6 Å². The number of alkyl halides is 3. The predicted octanol–water partition coefficient (Wildman–Crippen LogP) is 5.74. The third kappa shape index (κ3) is 4.11. The number of halogens is 4. The summed E-state index contributed by atoms with van der Waals surface area (Å²) in [5.74, 6) is 0.162. The van der Waals surface area contributed by atoms with Gasteiger partial charge >= 0.3 is 6.18 Å². The fourth-order valence-corrected chi connectivity index (χ4v) is 3.50. The average molecular weight is 354 g/mol. The van der Waals surface area contributed by atoms with Crippen LogP contribution in [0.4, 0.5) is 13.2 Å². The van der Waals surface area contributed by atoms with Gasteiger partial charge in [0.1, 0.15) is 0 Å². The molecule has 5 heteroatoms. The van der Waals surface area contributed by atoms with Crippen LogP contribution in [0.3, 0.4) is 0 Å². The molecule has 1 fully saturated rings. The maximum absolute atomic E-state index is 13.0. The van der Waals surface area contributed by atoms with E-state index in [9.17, 15) is 13.2 Å². The van der Waals surface area contributed by atoms with Gasteiger partial charge in [-0.25, -0.2) is 0 Å². The molecule has 0 bridgehead atoms. The number of benzene rings is 2. The number of likely N-dealkylation sites (tertiary alicyclic amines) is 1. The van der Waals surface area contributed by atoms with Gasteiger partial charge in [0.2, 0.25) is 0 Å². The molecule has 0 unspecified atom stereocenters. The number of hydrogen-bond donors (Lipinski definition) is 0. The monoisotopic (exact) mass is 353 g/mol. The first kappa shape index (κ1) is 17.3. The Morgan fingerprint density at radius 2 is 1.67 bits per heavy atom. The van der Waals surface area contributed by atoms with Gasteiger partial charge in [-0.15, -0.1) is 0 Å². The summed E-state index contributed by atoms with van der Waals surface area (Å²) in [4.78, 5) is 2.35. The summed E-state index contributed by atoms with van der Waals surface area (Å²) < 4.78 is 39.0. The zero-order valence-electron chi connectivity index (χ0n) is 13.2. The van der Waals surface area contributed by atoms with Crippen molar-refractivity contribution in [3.63, 3.8) is 0 Å². The van der Waals surface area contributed by atoms with Crippen molar-refractivity contribution in [2.45, 2.75) is 31.5 Å². The topological polar surface area (TPSA) is 3.24 Å². The quantitative estimate of drug-likeness (QED) is 0.680. The van der Waals surface area contributed by atoms with Crippen molar-refractivity contribution in [3.8, 4) is 0 Å². The second-order valence-electron chi connectivity index (χ2n) is 6.27. The standard InChI is InChI=1S/C19H19ClF3N/c20-18-7-6-16(12-17(18)19(21,22)23)15-8-10-24(11-9-15)13-14-4-2-1-3-5-14/h1-7,12,15H,8-11,13H2. The van der Waals surface area contributed by atoms with Gasteiger partial charge in [-0.3, -0.25) is 4.90 Å². The second kappa shape index (κ2) is 7.16. The van der Waals surface area contributed by atoms with Crippen LogP contribution in [0.15, 0.2) is 48.5 Å². The summed E-state index contributed by atoms with van der Waals surface area (Å²) in [6.45, 7) is 2.68. The van der Waals surface area contributed by atoms with Crippen LogP contribution in [0.5, 0.6) is 0 Å². The molecule has 0 amide bonds. The van der Waals surface area contributed by atoms with E-state index in [1.807, 2.05) is 18.2 Å². The Bertz CT molecular complexity index is 677. The minimum absolute atomic E-state index is 0.162. The van der Waals surface area contributed by atoms with Crippen LogP contribution in [0, 0.1) is 0 Å². The Balaban J connectivity index is 1.65. The molecule has 1 heterocycles. The lowest BCUT2D eigenvalue weighted by Crippen LogP contribution is -2.32. The molecular formula is C19H19ClF3N. The number of nitrogens with zero attached hydrogens (tertiary/aromatic N) is 1. The summed E-state index contributed by atoms with van der Waals surface area (Å²) >= 11 is 5.70. The first-order valence-corrected chi connectivity index (χ1v) is 8.44. The molecule has 2 aromatic carbocycles. The molecule has 1 aliphatic rings. The highest BCUT2D eigenvalue weighted by Gasteiger charge is 2.34. The Kier molecular flexibility index (Phi) is 5.16. The van der Waals surface area contributed by atoms with Gasteiger partial charge in [0.05, 0.1) is 10.6 Å². The lowest BCUT2D eigenvalue weighted by molar-refractivity contribution is -0.137.